The van der Waals surface area contributed by atoms with Gasteiger partial charge < -0.3 is 10.4 Å². The average Bonchev–Trinajstić information content (AvgIpc) is 2.41. The molecule has 20 heavy (non-hydrogen) atoms. The van der Waals surface area contributed by atoms with Crippen molar-refractivity contribution in [3.8, 4) is 0 Å². The van der Waals surface area contributed by atoms with Crippen LogP contribution < -0.4 is 5.32 Å². The first-order valence-electron chi connectivity index (χ1n) is 5.42. The van der Waals surface area contributed by atoms with Crippen LogP contribution in [0.2, 0.25) is 5.02 Å². The largest absolute Gasteiger partial charge is 0.478 e. The van der Waals surface area contributed by atoms with E-state index in [1.54, 1.807) is 0 Å². The van der Waals surface area contributed by atoms with Crippen molar-refractivity contribution in [3.63, 3.8) is 0 Å². The lowest BCUT2D eigenvalue weighted by molar-refractivity contribution is 0.0691. The molecular formula is C13H8ClFN2O3. The zero-order valence-electron chi connectivity index (χ0n) is 9.93. The van der Waals surface area contributed by atoms with Gasteiger partial charge in [0.15, 0.2) is 0 Å². The van der Waals surface area contributed by atoms with E-state index in [0.29, 0.717) is 0 Å². The third-order valence-corrected chi connectivity index (χ3v) is 2.77. The number of nitrogens with one attached hydrogen (secondary N) is 1. The first kappa shape index (κ1) is 14.0. The highest BCUT2D eigenvalue weighted by molar-refractivity contribution is 6.34. The second-order valence-corrected chi connectivity index (χ2v) is 4.22. The minimum absolute atomic E-state index is 0.154. The Morgan fingerprint density at radius 1 is 1.25 bits per heavy atom. The zero-order chi connectivity index (χ0) is 14.7. The number of nitrogens with zero attached hydrogens (tertiary/aromatic N) is 1. The summed E-state index contributed by atoms with van der Waals surface area (Å²) in [6.07, 6.45) is 2.71. The van der Waals surface area contributed by atoms with E-state index in [9.17, 15) is 14.0 Å². The Labute approximate surface area is 118 Å². The summed E-state index contributed by atoms with van der Waals surface area (Å²) < 4.78 is 13.2. The molecule has 1 aromatic heterocycles. The molecule has 1 heterocycles. The van der Waals surface area contributed by atoms with Crippen LogP contribution in [0.1, 0.15) is 20.7 Å². The summed E-state index contributed by atoms with van der Waals surface area (Å²) in [6.45, 7) is 0. The SMILES string of the molecule is O=C(O)c1cc(NC(=O)c2ccncc2Cl)ccc1F. The molecule has 0 saturated carbocycles. The number of carboxylic acids is 1. The summed E-state index contributed by atoms with van der Waals surface area (Å²) in [5, 5.41) is 11.4. The normalized spacial score (nSPS) is 10.1. The van der Waals surface area contributed by atoms with Crippen LogP contribution in [0.4, 0.5) is 10.1 Å². The number of carboxylic acid groups (broad SMARTS) is 1. The molecule has 1 aromatic carbocycles. The molecule has 0 radical (unpaired) electrons. The molecule has 0 unspecified atom stereocenters. The molecule has 0 aliphatic heterocycles. The van der Waals surface area contributed by atoms with Crippen molar-refractivity contribution < 1.29 is 19.1 Å². The quantitative estimate of drug-likeness (QED) is 0.912. The summed E-state index contributed by atoms with van der Waals surface area (Å²) >= 11 is 5.81. The van der Waals surface area contributed by atoms with Gasteiger partial charge in [0.05, 0.1) is 16.1 Å². The lowest BCUT2D eigenvalue weighted by Gasteiger charge is -2.07. The molecule has 0 aliphatic carbocycles. The van der Waals surface area contributed by atoms with Gasteiger partial charge in [0.1, 0.15) is 5.82 Å². The molecule has 102 valence electrons. The van der Waals surface area contributed by atoms with Crippen LogP contribution in [0, 0.1) is 5.82 Å². The summed E-state index contributed by atoms with van der Waals surface area (Å²) in [5.74, 6) is -2.83. The molecule has 0 bridgehead atoms. The maximum atomic E-state index is 13.2. The van der Waals surface area contributed by atoms with E-state index in [1.807, 2.05) is 0 Å². The molecule has 2 rings (SSSR count). The topological polar surface area (TPSA) is 79.3 Å². The van der Waals surface area contributed by atoms with Gasteiger partial charge in [-0.05, 0) is 24.3 Å². The predicted octanol–water partition coefficient (Wildman–Crippen LogP) is 2.82. The summed E-state index contributed by atoms with van der Waals surface area (Å²) in [6, 6.07) is 4.67. The molecule has 0 saturated heterocycles. The van der Waals surface area contributed by atoms with Gasteiger partial charge in [0, 0.05) is 18.1 Å². The smallest absolute Gasteiger partial charge is 0.338 e. The predicted molar refractivity (Wildman–Crippen MR) is 70.6 cm³/mol. The van der Waals surface area contributed by atoms with E-state index < -0.39 is 23.3 Å². The summed E-state index contributed by atoms with van der Waals surface area (Å²) in [7, 11) is 0. The third kappa shape index (κ3) is 2.92. The van der Waals surface area contributed by atoms with Crippen LogP contribution in [0.25, 0.3) is 0 Å². The van der Waals surface area contributed by atoms with Crippen LogP contribution in [0.3, 0.4) is 0 Å². The van der Waals surface area contributed by atoms with E-state index in [2.05, 4.69) is 10.3 Å². The summed E-state index contributed by atoms with van der Waals surface area (Å²) in [4.78, 5) is 26.5. The Morgan fingerprint density at radius 2 is 2.00 bits per heavy atom. The van der Waals surface area contributed by atoms with Gasteiger partial charge in [-0.15, -0.1) is 0 Å². The molecule has 0 fully saturated rings. The first-order valence-corrected chi connectivity index (χ1v) is 5.80. The number of aromatic nitrogens is 1. The Hall–Kier alpha value is -2.47. The van der Waals surface area contributed by atoms with Crippen LogP contribution >= 0.6 is 11.6 Å². The van der Waals surface area contributed by atoms with Crippen molar-refractivity contribution in [1.82, 2.24) is 4.98 Å². The molecular weight excluding hydrogens is 287 g/mol. The number of hydrogen-bond donors (Lipinski definition) is 2. The van der Waals surface area contributed by atoms with E-state index in [0.717, 1.165) is 12.1 Å². The molecule has 7 heteroatoms. The van der Waals surface area contributed by atoms with Crippen molar-refractivity contribution in [2.45, 2.75) is 0 Å². The Balaban J connectivity index is 2.27. The Kier molecular flexibility index (Phi) is 3.95. The number of pyridine rings is 1. The number of halogens is 2. The van der Waals surface area contributed by atoms with Crippen LogP contribution in [0.5, 0.6) is 0 Å². The monoisotopic (exact) mass is 294 g/mol. The van der Waals surface area contributed by atoms with Crippen molar-refractivity contribution in [2.75, 3.05) is 5.32 Å². The molecule has 1 amide bonds. The highest BCUT2D eigenvalue weighted by atomic mass is 35.5. The van der Waals surface area contributed by atoms with Gasteiger partial charge in [0.2, 0.25) is 0 Å². The van der Waals surface area contributed by atoms with Gasteiger partial charge in [0.25, 0.3) is 5.91 Å². The van der Waals surface area contributed by atoms with Gasteiger partial charge in [-0.25, -0.2) is 9.18 Å². The Bertz CT molecular complexity index is 691. The Morgan fingerprint density at radius 3 is 2.65 bits per heavy atom. The number of hydrogen-bond acceptors (Lipinski definition) is 3. The highest BCUT2D eigenvalue weighted by Crippen LogP contribution is 2.18. The average molecular weight is 295 g/mol. The van der Waals surface area contributed by atoms with Crippen molar-refractivity contribution in [3.05, 3.63) is 58.6 Å². The molecule has 0 aliphatic rings. The van der Waals surface area contributed by atoms with Gasteiger partial charge in [-0.2, -0.15) is 0 Å². The van der Waals surface area contributed by atoms with Crippen molar-refractivity contribution >= 4 is 29.2 Å². The molecule has 5 nitrogen and oxygen atoms in total. The lowest BCUT2D eigenvalue weighted by Crippen LogP contribution is -2.13. The standard InChI is InChI=1S/C13H8ClFN2O3/c14-10-6-16-4-3-8(10)12(18)17-7-1-2-11(15)9(5-7)13(19)20/h1-6H,(H,17,18)(H,19,20). The van der Waals surface area contributed by atoms with Crippen molar-refractivity contribution in [2.24, 2.45) is 0 Å². The number of carbonyl (C=O) groups excluding carboxylic acids is 1. The first-order chi connectivity index (χ1) is 9.49. The minimum Gasteiger partial charge on any atom is -0.478 e. The fraction of sp³-hybridized carbons (Fsp3) is 0. The van der Waals surface area contributed by atoms with E-state index in [-0.39, 0.29) is 16.3 Å². The fourth-order valence-corrected chi connectivity index (χ4v) is 1.73. The number of amides is 1. The number of anilines is 1. The number of rotatable bonds is 3. The van der Waals surface area contributed by atoms with Gasteiger partial charge in [-0.1, -0.05) is 11.6 Å². The van der Waals surface area contributed by atoms with Crippen LogP contribution in [-0.2, 0) is 0 Å². The van der Waals surface area contributed by atoms with E-state index >= 15 is 0 Å². The van der Waals surface area contributed by atoms with Gasteiger partial charge >= 0.3 is 5.97 Å². The van der Waals surface area contributed by atoms with Gasteiger partial charge in [-0.3, -0.25) is 9.78 Å². The zero-order valence-corrected chi connectivity index (χ0v) is 10.7. The number of carbonyl (C=O) groups is 2. The maximum absolute atomic E-state index is 13.2. The van der Waals surface area contributed by atoms with E-state index in [4.69, 9.17) is 16.7 Å². The molecule has 0 atom stereocenters. The van der Waals surface area contributed by atoms with E-state index in [1.165, 1.54) is 24.5 Å². The molecule has 0 spiro atoms. The number of aromatic carboxylic acids is 1. The minimum atomic E-state index is -1.42. The number of benzene rings is 1. The molecule has 2 aromatic rings. The molecule has 2 N–H and O–H groups in total. The summed E-state index contributed by atoms with van der Waals surface area (Å²) in [5.41, 5.74) is -0.187. The van der Waals surface area contributed by atoms with Crippen molar-refractivity contribution in [1.29, 1.82) is 0 Å². The lowest BCUT2D eigenvalue weighted by atomic mass is 10.1. The third-order valence-electron chi connectivity index (χ3n) is 2.47. The van der Waals surface area contributed by atoms with Crippen LogP contribution in [0.15, 0.2) is 36.7 Å². The second kappa shape index (κ2) is 5.66. The van der Waals surface area contributed by atoms with Crippen LogP contribution in [-0.4, -0.2) is 22.0 Å². The highest BCUT2D eigenvalue weighted by Gasteiger charge is 2.14. The second-order valence-electron chi connectivity index (χ2n) is 3.81. The fourth-order valence-electron chi connectivity index (χ4n) is 1.52. The maximum Gasteiger partial charge on any atom is 0.338 e.